The maximum atomic E-state index is 12.2. The number of nitrogens with one attached hydrogen (secondary N) is 2. The molecule has 0 saturated carbocycles. The van der Waals surface area contributed by atoms with Crippen LogP contribution < -0.4 is 20.9 Å². The predicted molar refractivity (Wildman–Crippen MR) is 118 cm³/mol. The second kappa shape index (κ2) is 11.4. The van der Waals surface area contributed by atoms with E-state index in [1.807, 2.05) is 18.2 Å². The van der Waals surface area contributed by atoms with Crippen LogP contribution in [0.15, 0.2) is 52.2 Å². The van der Waals surface area contributed by atoms with Crippen molar-refractivity contribution in [1.29, 1.82) is 0 Å². The minimum Gasteiger partial charge on any atom is -0.462 e. The molecule has 1 saturated heterocycles. The summed E-state index contributed by atoms with van der Waals surface area (Å²) < 4.78 is 24.4. The second-order valence-corrected chi connectivity index (χ2v) is 8.81. The molecule has 2 heterocycles. The second-order valence-electron chi connectivity index (χ2n) is 7.60. The van der Waals surface area contributed by atoms with Gasteiger partial charge in [0, 0.05) is 12.3 Å². The van der Waals surface area contributed by atoms with Gasteiger partial charge in [-0.15, -0.1) is 0 Å². The average molecular weight is 465 g/mol. The molecule has 0 amide bonds. The Bertz CT molecular complexity index is 995. The number of aromatic amines is 1. The lowest BCUT2D eigenvalue weighted by atomic mass is 10.2. The highest BCUT2D eigenvalue weighted by Gasteiger charge is 2.30. The molecule has 0 aliphatic carbocycles. The Morgan fingerprint density at radius 2 is 1.97 bits per heavy atom. The van der Waals surface area contributed by atoms with Crippen molar-refractivity contribution in [3.8, 4) is 5.75 Å². The lowest BCUT2D eigenvalue weighted by Gasteiger charge is -2.23. The number of rotatable bonds is 10. The van der Waals surface area contributed by atoms with Crippen LogP contribution in [0.1, 0.15) is 39.8 Å². The molecule has 11 heteroatoms. The van der Waals surface area contributed by atoms with Crippen LogP contribution in [-0.4, -0.2) is 40.4 Å². The predicted octanol–water partition coefficient (Wildman–Crippen LogP) is 2.47. The topological polar surface area (TPSA) is 121 Å². The highest BCUT2D eigenvalue weighted by molar-refractivity contribution is 7.45. The summed E-state index contributed by atoms with van der Waals surface area (Å²) in [6.07, 6.45) is 1.70. The van der Waals surface area contributed by atoms with E-state index in [9.17, 15) is 14.4 Å². The summed E-state index contributed by atoms with van der Waals surface area (Å²) in [6, 6.07) is 9.78. The number of carbonyl (C=O) groups is 1. The molecule has 1 fully saturated rings. The Balaban J connectivity index is 1.60. The van der Waals surface area contributed by atoms with E-state index >= 15 is 0 Å². The summed E-state index contributed by atoms with van der Waals surface area (Å²) in [4.78, 5) is 37.7. The standard InChI is InChI=1S/C21H28N3O7P/c1-14(2)29-20(26)15(3)23-32(31-16-7-5-4-6-8-16)28-13-17-9-10-19(30-17)24-12-11-18(25)22-21(24)27/h4-8,11-12,14-15,17,19,23H,9-10,13H2,1-3H3,(H,22,25,27)/t15?,17?,19?,32-/m0/s1. The maximum absolute atomic E-state index is 12.2. The zero-order valence-corrected chi connectivity index (χ0v) is 19.1. The van der Waals surface area contributed by atoms with Crippen LogP contribution in [0.4, 0.5) is 0 Å². The van der Waals surface area contributed by atoms with Gasteiger partial charge >= 0.3 is 20.2 Å². The normalized spacial score (nSPS) is 20.1. The van der Waals surface area contributed by atoms with Crippen molar-refractivity contribution < 1.29 is 23.3 Å². The van der Waals surface area contributed by atoms with Gasteiger partial charge in [0.05, 0.1) is 18.8 Å². The lowest BCUT2D eigenvalue weighted by molar-refractivity contribution is -0.149. The minimum absolute atomic E-state index is 0.200. The third kappa shape index (κ3) is 7.00. The molecule has 0 spiro atoms. The lowest BCUT2D eigenvalue weighted by Crippen LogP contribution is -2.35. The maximum Gasteiger partial charge on any atom is 0.330 e. The molecule has 174 valence electrons. The van der Waals surface area contributed by atoms with Crippen molar-refractivity contribution in [3.05, 3.63) is 63.4 Å². The van der Waals surface area contributed by atoms with Gasteiger partial charge in [-0.05, 0) is 45.7 Å². The first-order valence-electron chi connectivity index (χ1n) is 10.4. The molecule has 1 aliphatic rings. The SMILES string of the molecule is CC(C)OC(=O)C(C)N[P@@](OCC1CCC(n2ccc(=O)[nH]c2=O)O1)Oc1ccccc1. The molecule has 3 unspecified atom stereocenters. The average Bonchev–Trinajstić information content (AvgIpc) is 3.21. The van der Waals surface area contributed by atoms with Crippen LogP contribution in [-0.2, 0) is 18.8 Å². The highest BCUT2D eigenvalue weighted by atomic mass is 31.2. The van der Waals surface area contributed by atoms with Crippen LogP contribution >= 0.6 is 8.53 Å². The largest absolute Gasteiger partial charge is 0.462 e. The van der Waals surface area contributed by atoms with Gasteiger partial charge in [0.25, 0.3) is 5.56 Å². The van der Waals surface area contributed by atoms with E-state index in [1.165, 1.54) is 16.8 Å². The van der Waals surface area contributed by atoms with E-state index in [0.29, 0.717) is 18.6 Å². The van der Waals surface area contributed by atoms with Gasteiger partial charge in [-0.25, -0.2) is 9.88 Å². The van der Waals surface area contributed by atoms with Gasteiger partial charge < -0.3 is 18.5 Å². The van der Waals surface area contributed by atoms with Gasteiger partial charge in [0.1, 0.15) is 18.0 Å². The molecule has 32 heavy (non-hydrogen) atoms. The zero-order valence-electron chi connectivity index (χ0n) is 18.2. The zero-order chi connectivity index (χ0) is 23.1. The summed E-state index contributed by atoms with van der Waals surface area (Å²) in [6.45, 7) is 5.45. The monoisotopic (exact) mass is 465 g/mol. The molecular weight excluding hydrogens is 437 g/mol. The van der Waals surface area contributed by atoms with Crippen LogP contribution in [0.25, 0.3) is 0 Å². The van der Waals surface area contributed by atoms with Crippen molar-refractivity contribution in [2.75, 3.05) is 6.61 Å². The summed E-state index contributed by atoms with van der Waals surface area (Å²) >= 11 is 0. The Morgan fingerprint density at radius 3 is 2.66 bits per heavy atom. The number of hydrogen-bond acceptors (Lipinski definition) is 8. The van der Waals surface area contributed by atoms with Gasteiger partial charge in [0.2, 0.25) is 0 Å². The Hall–Kier alpha value is -2.52. The van der Waals surface area contributed by atoms with Gasteiger partial charge in [0.15, 0.2) is 0 Å². The first kappa shape index (κ1) is 24.1. The van der Waals surface area contributed by atoms with E-state index in [2.05, 4.69) is 10.1 Å². The van der Waals surface area contributed by atoms with Gasteiger partial charge in [-0.2, -0.15) is 0 Å². The molecule has 0 bridgehead atoms. The Morgan fingerprint density at radius 1 is 1.22 bits per heavy atom. The number of carbonyl (C=O) groups excluding carboxylic acids is 1. The number of ether oxygens (including phenoxy) is 2. The highest BCUT2D eigenvalue weighted by Crippen LogP contribution is 2.38. The van der Waals surface area contributed by atoms with Crippen LogP contribution in [0.5, 0.6) is 5.75 Å². The first-order valence-corrected chi connectivity index (χ1v) is 11.6. The van der Waals surface area contributed by atoms with Crippen LogP contribution in [0.2, 0.25) is 0 Å². The number of nitrogens with zero attached hydrogens (tertiary/aromatic N) is 1. The molecule has 4 atom stereocenters. The number of esters is 1. The molecular formula is C21H28N3O7P. The van der Waals surface area contributed by atoms with E-state index < -0.39 is 38.0 Å². The molecule has 2 N–H and O–H groups in total. The fourth-order valence-electron chi connectivity index (χ4n) is 3.03. The van der Waals surface area contributed by atoms with Crippen molar-refractivity contribution in [2.24, 2.45) is 0 Å². The molecule has 1 aliphatic heterocycles. The molecule has 10 nitrogen and oxygen atoms in total. The van der Waals surface area contributed by atoms with Crippen LogP contribution in [0.3, 0.4) is 0 Å². The smallest absolute Gasteiger partial charge is 0.330 e. The number of hydrogen-bond donors (Lipinski definition) is 2. The third-order valence-electron chi connectivity index (χ3n) is 4.56. The van der Waals surface area contributed by atoms with Crippen LogP contribution in [0, 0.1) is 0 Å². The number of H-pyrrole nitrogens is 1. The molecule has 1 aromatic carbocycles. The fraction of sp³-hybridized carbons (Fsp3) is 0.476. The number of para-hydroxylation sites is 1. The Kier molecular flexibility index (Phi) is 8.58. The van der Waals surface area contributed by atoms with Crippen molar-refractivity contribution in [2.45, 2.75) is 58.1 Å². The van der Waals surface area contributed by atoms with E-state index in [0.717, 1.165) is 0 Å². The number of aromatic nitrogens is 2. The molecule has 0 radical (unpaired) electrons. The molecule has 2 aromatic rings. The van der Waals surface area contributed by atoms with E-state index in [4.69, 9.17) is 18.5 Å². The van der Waals surface area contributed by atoms with Crippen molar-refractivity contribution >= 4 is 14.5 Å². The number of benzene rings is 1. The van der Waals surface area contributed by atoms with E-state index in [-0.39, 0.29) is 18.8 Å². The summed E-state index contributed by atoms with van der Waals surface area (Å²) in [5.41, 5.74) is -0.970. The Labute approximate surface area is 186 Å². The van der Waals surface area contributed by atoms with Gasteiger partial charge in [-0.1, -0.05) is 18.2 Å². The molecule has 1 aromatic heterocycles. The third-order valence-corrected chi connectivity index (χ3v) is 5.92. The van der Waals surface area contributed by atoms with Gasteiger partial charge in [-0.3, -0.25) is 19.1 Å². The quantitative estimate of drug-likeness (QED) is 0.406. The van der Waals surface area contributed by atoms with E-state index in [1.54, 1.807) is 32.9 Å². The fourth-order valence-corrected chi connectivity index (χ4v) is 4.25. The van der Waals surface area contributed by atoms with Crippen molar-refractivity contribution in [3.63, 3.8) is 0 Å². The first-order chi connectivity index (χ1) is 15.3. The minimum atomic E-state index is -1.68. The molecule has 3 rings (SSSR count). The summed E-state index contributed by atoms with van der Waals surface area (Å²) in [7, 11) is -1.68. The summed E-state index contributed by atoms with van der Waals surface area (Å²) in [5.74, 6) is 0.197. The summed E-state index contributed by atoms with van der Waals surface area (Å²) in [5, 5.41) is 3.05. The van der Waals surface area contributed by atoms with Crippen molar-refractivity contribution in [1.82, 2.24) is 14.6 Å².